The molecule has 1 N–H and O–H groups in total. The van der Waals surface area contributed by atoms with Crippen LogP contribution in [0.15, 0.2) is 60.7 Å². The van der Waals surface area contributed by atoms with E-state index in [2.05, 4.69) is 5.32 Å². The number of carbonyl (C=O) groups excluding carboxylic acids is 1. The van der Waals surface area contributed by atoms with E-state index in [1.807, 2.05) is 30.3 Å². The number of hydrogen-bond donors (Lipinski definition) is 1. The molecule has 0 heterocycles. The van der Waals surface area contributed by atoms with Gasteiger partial charge in [0.2, 0.25) is 0 Å². The highest BCUT2D eigenvalue weighted by Gasteiger charge is 2.19. The average Bonchev–Trinajstić information content (AvgIpc) is 2.55. The third-order valence-corrected chi connectivity index (χ3v) is 3.72. The van der Waals surface area contributed by atoms with Gasteiger partial charge in [0, 0.05) is 11.6 Å². The molecule has 3 aromatic carbocycles. The van der Waals surface area contributed by atoms with Gasteiger partial charge in [-0.1, -0.05) is 48.5 Å². The molecule has 0 saturated heterocycles. The molecule has 0 aliphatic carbocycles. The summed E-state index contributed by atoms with van der Waals surface area (Å²) in [5, 5.41) is 15.6. The summed E-state index contributed by atoms with van der Waals surface area (Å²) in [6.07, 6.45) is 0. The number of nitro groups is 1. The third-order valence-electron chi connectivity index (χ3n) is 3.72. The number of para-hydroxylation sites is 1. The first-order valence-corrected chi connectivity index (χ1v) is 7.11. The van der Waals surface area contributed by atoms with E-state index in [0.717, 1.165) is 10.8 Å². The molecule has 0 atom stereocenters. The van der Waals surface area contributed by atoms with Crippen LogP contribution in [0.4, 0.5) is 11.4 Å². The first-order chi connectivity index (χ1) is 11.1. The largest absolute Gasteiger partial charge is 0.316 e. The van der Waals surface area contributed by atoms with Gasteiger partial charge in [0.25, 0.3) is 11.6 Å². The number of aryl methyl sites for hydroxylation is 1. The summed E-state index contributed by atoms with van der Waals surface area (Å²) < 4.78 is 0. The maximum atomic E-state index is 12.6. The van der Waals surface area contributed by atoms with E-state index in [9.17, 15) is 14.9 Å². The lowest BCUT2D eigenvalue weighted by atomic mass is 10.0. The monoisotopic (exact) mass is 306 g/mol. The van der Waals surface area contributed by atoms with Crippen molar-refractivity contribution < 1.29 is 9.72 Å². The standard InChI is InChI=1S/C18H14N2O3/c1-12-6-4-11-16(20(22)23)17(12)19-18(21)15-10-5-8-13-7-2-3-9-14(13)15/h2-11H,1H3,(H,19,21). The topological polar surface area (TPSA) is 72.2 Å². The Labute approximate surface area is 132 Å². The third kappa shape index (κ3) is 2.76. The Morgan fingerprint density at radius 3 is 2.48 bits per heavy atom. The highest BCUT2D eigenvalue weighted by molar-refractivity contribution is 6.13. The fourth-order valence-electron chi connectivity index (χ4n) is 2.57. The lowest BCUT2D eigenvalue weighted by Gasteiger charge is -2.10. The second-order valence-corrected chi connectivity index (χ2v) is 5.21. The van der Waals surface area contributed by atoms with Gasteiger partial charge in [0.1, 0.15) is 5.69 Å². The van der Waals surface area contributed by atoms with Crippen molar-refractivity contribution in [2.24, 2.45) is 0 Å². The van der Waals surface area contributed by atoms with Gasteiger partial charge in [-0.2, -0.15) is 0 Å². The molecule has 0 saturated carbocycles. The van der Waals surface area contributed by atoms with Crippen LogP contribution in [-0.4, -0.2) is 10.8 Å². The zero-order chi connectivity index (χ0) is 16.4. The second-order valence-electron chi connectivity index (χ2n) is 5.21. The van der Waals surface area contributed by atoms with Gasteiger partial charge in [-0.05, 0) is 29.3 Å². The summed E-state index contributed by atoms with van der Waals surface area (Å²) >= 11 is 0. The normalized spacial score (nSPS) is 10.5. The predicted octanol–water partition coefficient (Wildman–Crippen LogP) is 4.31. The molecule has 114 valence electrons. The lowest BCUT2D eigenvalue weighted by molar-refractivity contribution is -0.383. The molecular weight excluding hydrogens is 292 g/mol. The highest BCUT2D eigenvalue weighted by Crippen LogP contribution is 2.29. The Morgan fingerprint density at radius 1 is 1.00 bits per heavy atom. The maximum Gasteiger partial charge on any atom is 0.293 e. The first kappa shape index (κ1) is 14.7. The minimum absolute atomic E-state index is 0.112. The van der Waals surface area contributed by atoms with Crippen LogP contribution in [0, 0.1) is 17.0 Å². The van der Waals surface area contributed by atoms with Gasteiger partial charge in [-0.15, -0.1) is 0 Å². The summed E-state index contributed by atoms with van der Waals surface area (Å²) in [6, 6.07) is 17.7. The van der Waals surface area contributed by atoms with E-state index >= 15 is 0 Å². The van der Waals surface area contributed by atoms with Gasteiger partial charge in [0.15, 0.2) is 0 Å². The van der Waals surface area contributed by atoms with Crippen LogP contribution in [0.3, 0.4) is 0 Å². The van der Waals surface area contributed by atoms with Crippen molar-refractivity contribution in [1.29, 1.82) is 0 Å². The van der Waals surface area contributed by atoms with E-state index in [1.165, 1.54) is 6.07 Å². The Kier molecular flexibility index (Phi) is 3.76. The molecule has 3 aromatic rings. The molecule has 23 heavy (non-hydrogen) atoms. The van der Waals surface area contributed by atoms with Crippen LogP contribution in [0.5, 0.6) is 0 Å². The van der Waals surface area contributed by atoms with Crippen molar-refractivity contribution in [3.05, 3.63) is 81.9 Å². The van der Waals surface area contributed by atoms with Crippen LogP contribution in [0.25, 0.3) is 10.8 Å². The molecule has 5 heteroatoms. The minimum atomic E-state index is -0.494. The molecule has 0 spiro atoms. The quantitative estimate of drug-likeness (QED) is 0.579. The van der Waals surface area contributed by atoms with Gasteiger partial charge in [0.05, 0.1) is 4.92 Å². The number of nitrogens with one attached hydrogen (secondary N) is 1. The van der Waals surface area contributed by atoms with E-state index < -0.39 is 4.92 Å². The number of nitrogens with zero attached hydrogens (tertiary/aromatic N) is 1. The molecule has 1 amide bonds. The molecule has 0 aliphatic rings. The summed E-state index contributed by atoms with van der Waals surface area (Å²) in [5.41, 5.74) is 1.25. The fraction of sp³-hybridized carbons (Fsp3) is 0.0556. The van der Waals surface area contributed by atoms with Crippen molar-refractivity contribution in [3.8, 4) is 0 Å². The molecule has 0 bridgehead atoms. The number of nitro benzene ring substituents is 1. The van der Waals surface area contributed by atoms with Crippen molar-refractivity contribution in [2.45, 2.75) is 6.92 Å². The van der Waals surface area contributed by atoms with Crippen molar-refractivity contribution in [3.63, 3.8) is 0 Å². The molecule has 0 aliphatic heterocycles. The first-order valence-electron chi connectivity index (χ1n) is 7.11. The number of amides is 1. The fourth-order valence-corrected chi connectivity index (χ4v) is 2.57. The smallest absolute Gasteiger partial charge is 0.293 e. The number of benzene rings is 3. The predicted molar refractivity (Wildman–Crippen MR) is 89.7 cm³/mol. The zero-order valence-electron chi connectivity index (χ0n) is 12.4. The summed E-state index contributed by atoms with van der Waals surface area (Å²) in [6.45, 7) is 1.73. The second kappa shape index (κ2) is 5.88. The maximum absolute atomic E-state index is 12.6. The van der Waals surface area contributed by atoms with Crippen molar-refractivity contribution in [1.82, 2.24) is 0 Å². The van der Waals surface area contributed by atoms with E-state index in [1.54, 1.807) is 31.2 Å². The molecule has 0 unspecified atom stereocenters. The van der Waals surface area contributed by atoms with Gasteiger partial charge in [-0.3, -0.25) is 14.9 Å². The zero-order valence-corrected chi connectivity index (χ0v) is 12.4. The summed E-state index contributed by atoms with van der Waals surface area (Å²) in [5.74, 6) is -0.362. The van der Waals surface area contributed by atoms with E-state index in [-0.39, 0.29) is 17.3 Å². The van der Waals surface area contributed by atoms with Crippen molar-refractivity contribution in [2.75, 3.05) is 5.32 Å². The average molecular weight is 306 g/mol. The highest BCUT2D eigenvalue weighted by atomic mass is 16.6. The molecule has 0 radical (unpaired) electrons. The van der Waals surface area contributed by atoms with Gasteiger partial charge in [-0.25, -0.2) is 0 Å². The Morgan fingerprint density at radius 2 is 1.70 bits per heavy atom. The van der Waals surface area contributed by atoms with Gasteiger partial charge >= 0.3 is 0 Å². The number of fused-ring (bicyclic) bond motifs is 1. The number of anilines is 1. The Balaban J connectivity index is 2.04. The molecule has 0 fully saturated rings. The van der Waals surface area contributed by atoms with E-state index in [4.69, 9.17) is 0 Å². The minimum Gasteiger partial charge on any atom is -0.316 e. The number of hydrogen-bond acceptors (Lipinski definition) is 3. The summed E-state index contributed by atoms with van der Waals surface area (Å²) in [4.78, 5) is 23.3. The molecule has 5 nitrogen and oxygen atoms in total. The molecule has 0 aromatic heterocycles. The van der Waals surface area contributed by atoms with Crippen LogP contribution in [0.1, 0.15) is 15.9 Å². The van der Waals surface area contributed by atoms with Crippen LogP contribution in [-0.2, 0) is 0 Å². The SMILES string of the molecule is Cc1cccc([N+](=O)[O-])c1NC(=O)c1cccc2ccccc12. The molecular formula is C18H14N2O3. The van der Waals surface area contributed by atoms with Gasteiger partial charge < -0.3 is 5.32 Å². The Bertz CT molecular complexity index is 914. The van der Waals surface area contributed by atoms with Crippen LogP contribution in [0.2, 0.25) is 0 Å². The summed E-state index contributed by atoms with van der Waals surface area (Å²) in [7, 11) is 0. The number of rotatable bonds is 3. The van der Waals surface area contributed by atoms with Crippen molar-refractivity contribution >= 4 is 28.1 Å². The lowest BCUT2D eigenvalue weighted by Crippen LogP contribution is -2.14. The number of carbonyl (C=O) groups is 1. The van der Waals surface area contributed by atoms with Crippen LogP contribution < -0.4 is 5.32 Å². The Hall–Kier alpha value is -3.21. The van der Waals surface area contributed by atoms with E-state index in [0.29, 0.717) is 11.1 Å². The van der Waals surface area contributed by atoms with Crippen LogP contribution >= 0.6 is 0 Å². The molecule has 3 rings (SSSR count).